The van der Waals surface area contributed by atoms with Crippen molar-refractivity contribution in [3.8, 4) is 0 Å². The third-order valence-electron chi connectivity index (χ3n) is 11.3. The van der Waals surface area contributed by atoms with Crippen LogP contribution in [0.2, 0.25) is 0 Å². The molecule has 7 rings (SSSR count). The van der Waals surface area contributed by atoms with Gasteiger partial charge in [-0.05, 0) is 95.2 Å². The molecule has 0 radical (unpaired) electrons. The Balaban J connectivity index is 0.916. The second-order valence-electron chi connectivity index (χ2n) is 16.4. The molecule has 1 saturated carbocycles. The van der Waals surface area contributed by atoms with Crippen LogP contribution in [0.3, 0.4) is 0 Å². The van der Waals surface area contributed by atoms with E-state index in [-0.39, 0.29) is 35.4 Å². The monoisotopic (exact) mass is 763 g/mol. The maximum atomic E-state index is 13.5. The Kier molecular flexibility index (Phi) is 10.8. The Morgan fingerprint density at radius 2 is 1.57 bits per heavy atom. The van der Waals surface area contributed by atoms with Crippen molar-refractivity contribution >= 4 is 29.5 Å². The summed E-state index contributed by atoms with van der Waals surface area (Å²) >= 11 is 0. The largest absolute Gasteiger partial charge is 0.444 e. The predicted molar refractivity (Wildman–Crippen MR) is 211 cm³/mol. The number of likely N-dealkylation sites (tertiary alicyclic amines) is 1. The van der Waals surface area contributed by atoms with Crippen molar-refractivity contribution in [2.24, 2.45) is 0 Å². The smallest absolute Gasteiger partial charge is 0.410 e. The number of benzene rings is 2. The van der Waals surface area contributed by atoms with Gasteiger partial charge in [0.05, 0.1) is 35.2 Å². The van der Waals surface area contributed by atoms with E-state index in [1.165, 1.54) is 0 Å². The van der Waals surface area contributed by atoms with Gasteiger partial charge in [-0.3, -0.25) is 24.0 Å². The van der Waals surface area contributed by atoms with Crippen molar-refractivity contribution in [1.29, 1.82) is 0 Å². The van der Waals surface area contributed by atoms with Crippen LogP contribution in [0.15, 0.2) is 60.9 Å². The first kappa shape index (κ1) is 38.8. The van der Waals surface area contributed by atoms with E-state index in [0.717, 1.165) is 67.7 Å². The van der Waals surface area contributed by atoms with Gasteiger partial charge in [-0.2, -0.15) is 5.10 Å². The Labute approximate surface area is 328 Å². The second-order valence-corrected chi connectivity index (χ2v) is 16.4. The molecule has 0 atom stereocenters. The Hall–Kier alpha value is -5.50. The fourth-order valence-corrected chi connectivity index (χ4v) is 8.10. The molecule has 4 aromatic rings. The zero-order chi connectivity index (χ0) is 39.8. The van der Waals surface area contributed by atoms with Gasteiger partial charge in [-0.1, -0.05) is 24.3 Å². The number of piperidine rings is 1. The highest BCUT2D eigenvalue weighted by atomic mass is 16.6. The van der Waals surface area contributed by atoms with Gasteiger partial charge in [0.25, 0.3) is 17.7 Å². The van der Waals surface area contributed by atoms with Gasteiger partial charge in [0.15, 0.2) is 5.82 Å². The molecule has 0 unspecified atom stereocenters. The van der Waals surface area contributed by atoms with Crippen LogP contribution in [0.1, 0.15) is 113 Å². The number of carbonyl (C=O) groups excluding carboxylic acids is 4. The molecule has 14 heteroatoms. The number of aromatic nitrogens is 4. The third-order valence-corrected chi connectivity index (χ3v) is 11.3. The minimum Gasteiger partial charge on any atom is -0.444 e. The summed E-state index contributed by atoms with van der Waals surface area (Å²) in [5.74, 6) is -0.0575. The molecule has 4 amide bonds. The van der Waals surface area contributed by atoms with E-state index in [0.29, 0.717) is 48.8 Å². The number of carbonyl (C=O) groups is 4. The lowest BCUT2D eigenvalue weighted by Gasteiger charge is -2.53. The van der Waals surface area contributed by atoms with Gasteiger partial charge in [0.2, 0.25) is 0 Å². The van der Waals surface area contributed by atoms with Crippen LogP contribution >= 0.6 is 0 Å². The van der Waals surface area contributed by atoms with E-state index in [1.807, 2.05) is 87.1 Å². The summed E-state index contributed by atoms with van der Waals surface area (Å²) in [6.45, 7) is 11.1. The molecule has 2 N–H and O–H groups in total. The van der Waals surface area contributed by atoms with E-state index < -0.39 is 5.60 Å². The van der Waals surface area contributed by atoms with Crippen LogP contribution in [0, 0.1) is 6.92 Å². The normalized spacial score (nSPS) is 16.9. The second kappa shape index (κ2) is 15.6. The van der Waals surface area contributed by atoms with Crippen LogP contribution in [0.5, 0.6) is 0 Å². The first-order valence-electron chi connectivity index (χ1n) is 19.5. The number of anilines is 1. The van der Waals surface area contributed by atoms with E-state index in [2.05, 4.69) is 30.2 Å². The molecular formula is C42H53N9O5. The molecule has 3 aliphatic rings. The van der Waals surface area contributed by atoms with E-state index in [1.54, 1.807) is 30.1 Å². The summed E-state index contributed by atoms with van der Waals surface area (Å²) in [4.78, 5) is 62.0. The SMILES string of the molecule is Cc1c(C(=O)Nc2ccc(CNC(=O)c3ncc4n3CCN(Cc3ccc(C(=O)N(C)C)cc3)C43CCC3)cc2)cnn1C1CCN(C(=O)OC(C)(C)C)CC1. The van der Waals surface area contributed by atoms with Gasteiger partial charge in [0, 0.05) is 70.3 Å². The molecule has 2 aromatic carbocycles. The number of amides is 4. The van der Waals surface area contributed by atoms with Crippen molar-refractivity contribution in [3.63, 3.8) is 0 Å². The molecule has 4 heterocycles. The number of hydrogen-bond donors (Lipinski definition) is 2. The zero-order valence-electron chi connectivity index (χ0n) is 33.3. The fourth-order valence-electron chi connectivity index (χ4n) is 8.10. The first-order valence-corrected chi connectivity index (χ1v) is 19.5. The summed E-state index contributed by atoms with van der Waals surface area (Å²) in [5.41, 5.74) is 5.03. The minimum absolute atomic E-state index is 0.0101. The van der Waals surface area contributed by atoms with Crippen molar-refractivity contribution in [2.75, 3.05) is 39.0 Å². The molecule has 1 saturated heterocycles. The summed E-state index contributed by atoms with van der Waals surface area (Å²) in [6, 6.07) is 15.4. The van der Waals surface area contributed by atoms with Crippen LogP contribution in [0.25, 0.3) is 0 Å². The van der Waals surface area contributed by atoms with E-state index in [4.69, 9.17) is 4.74 Å². The molecule has 2 aliphatic heterocycles. The Bertz CT molecular complexity index is 2080. The number of nitrogens with zero attached hydrogens (tertiary/aromatic N) is 7. The number of imidazole rings is 1. The lowest BCUT2D eigenvalue weighted by Crippen LogP contribution is -2.56. The summed E-state index contributed by atoms with van der Waals surface area (Å²) in [7, 11) is 3.51. The maximum Gasteiger partial charge on any atom is 0.410 e. The predicted octanol–water partition coefficient (Wildman–Crippen LogP) is 5.74. The number of ether oxygens (including phenoxy) is 1. The number of nitrogens with one attached hydrogen (secondary N) is 2. The zero-order valence-corrected chi connectivity index (χ0v) is 33.3. The first-order chi connectivity index (χ1) is 26.7. The van der Waals surface area contributed by atoms with Crippen molar-refractivity contribution in [3.05, 3.63) is 100 Å². The van der Waals surface area contributed by atoms with Crippen LogP contribution < -0.4 is 10.6 Å². The van der Waals surface area contributed by atoms with Crippen LogP contribution in [-0.2, 0) is 29.9 Å². The quantitative estimate of drug-likeness (QED) is 0.220. The van der Waals surface area contributed by atoms with Gasteiger partial charge in [0.1, 0.15) is 5.60 Å². The Morgan fingerprint density at radius 3 is 2.20 bits per heavy atom. The molecule has 56 heavy (non-hydrogen) atoms. The van der Waals surface area contributed by atoms with Gasteiger partial charge < -0.3 is 29.7 Å². The standard InChI is InChI=1S/C42H53N9O5/c1-28-34(25-45-51(28)33-16-20-48(21-17-33)40(55)56-41(2,3)4)37(52)46-32-14-10-29(11-15-32)24-44-38(53)36-43-26-35-42(18-7-19-42)49(22-23-50(35)36)27-30-8-12-31(13-9-30)39(54)47(5)6/h8-15,25-26,33H,7,16-24,27H2,1-6H3,(H,44,53)(H,46,52). The summed E-state index contributed by atoms with van der Waals surface area (Å²) < 4.78 is 9.49. The van der Waals surface area contributed by atoms with Crippen molar-refractivity contribution < 1.29 is 23.9 Å². The van der Waals surface area contributed by atoms with E-state index in [9.17, 15) is 19.2 Å². The van der Waals surface area contributed by atoms with Crippen molar-refractivity contribution in [2.45, 2.75) is 96.6 Å². The molecular weight excluding hydrogens is 711 g/mol. The molecule has 0 bridgehead atoms. The van der Waals surface area contributed by atoms with Crippen molar-refractivity contribution in [1.82, 2.24) is 39.3 Å². The summed E-state index contributed by atoms with van der Waals surface area (Å²) in [6.07, 6.45) is 7.77. The lowest BCUT2D eigenvalue weighted by atomic mass is 9.72. The molecule has 2 fully saturated rings. The third kappa shape index (κ3) is 7.93. The molecule has 14 nitrogen and oxygen atoms in total. The summed E-state index contributed by atoms with van der Waals surface area (Å²) in [5, 5.41) is 10.6. The minimum atomic E-state index is -0.538. The molecule has 296 valence electrons. The van der Waals surface area contributed by atoms with Gasteiger partial charge in [-0.25, -0.2) is 9.78 Å². The highest BCUT2D eigenvalue weighted by Gasteiger charge is 2.49. The van der Waals surface area contributed by atoms with Gasteiger partial charge >= 0.3 is 6.09 Å². The number of rotatable bonds is 9. The number of hydrogen-bond acceptors (Lipinski definition) is 8. The molecule has 2 aromatic heterocycles. The topological polar surface area (TPSA) is 147 Å². The lowest BCUT2D eigenvalue weighted by molar-refractivity contribution is -0.0217. The average molecular weight is 764 g/mol. The van der Waals surface area contributed by atoms with Gasteiger partial charge in [-0.15, -0.1) is 0 Å². The Morgan fingerprint density at radius 1 is 0.893 bits per heavy atom. The highest BCUT2D eigenvalue weighted by molar-refractivity contribution is 6.05. The van der Waals surface area contributed by atoms with E-state index >= 15 is 0 Å². The molecule has 1 spiro atoms. The maximum absolute atomic E-state index is 13.5. The van der Waals surface area contributed by atoms with Crippen LogP contribution in [0.4, 0.5) is 10.5 Å². The molecule has 1 aliphatic carbocycles. The average Bonchev–Trinajstić information content (AvgIpc) is 3.77. The highest BCUT2D eigenvalue weighted by Crippen LogP contribution is 2.49. The fraction of sp³-hybridized carbons (Fsp3) is 0.476. The number of fused-ring (bicyclic) bond motifs is 2. The van der Waals surface area contributed by atoms with Crippen LogP contribution in [-0.4, -0.2) is 97.2 Å².